The van der Waals surface area contributed by atoms with Crippen molar-refractivity contribution in [3.05, 3.63) is 29.8 Å². The number of rotatable bonds is 5. The minimum atomic E-state index is -0.433. The summed E-state index contributed by atoms with van der Waals surface area (Å²) in [5.41, 5.74) is 1.79. The van der Waals surface area contributed by atoms with Gasteiger partial charge in [0.2, 0.25) is 0 Å². The van der Waals surface area contributed by atoms with E-state index in [-0.39, 0.29) is 5.41 Å². The molecule has 0 aromatic heterocycles. The molecule has 0 bridgehead atoms. The topological polar surface area (TPSA) is 29.5 Å². The van der Waals surface area contributed by atoms with Gasteiger partial charge in [-0.3, -0.25) is 0 Å². The molecule has 2 nitrogen and oxygen atoms in total. The highest BCUT2D eigenvalue weighted by atomic mass is 16.5. The number of hydrogen-bond acceptors (Lipinski definition) is 2. The van der Waals surface area contributed by atoms with E-state index in [1.165, 1.54) is 5.56 Å². The first-order chi connectivity index (χ1) is 8.60. The van der Waals surface area contributed by atoms with Crippen LogP contribution in [0.2, 0.25) is 0 Å². The molecule has 1 aromatic carbocycles. The van der Waals surface area contributed by atoms with Gasteiger partial charge in [-0.1, -0.05) is 46.8 Å². The van der Waals surface area contributed by atoms with Gasteiger partial charge in [0.25, 0.3) is 0 Å². The molecule has 0 aliphatic carbocycles. The van der Waals surface area contributed by atoms with Crippen LogP contribution in [-0.2, 0) is 5.41 Å². The lowest BCUT2D eigenvalue weighted by Crippen LogP contribution is -2.24. The normalized spacial score (nSPS) is 14.3. The zero-order valence-electron chi connectivity index (χ0n) is 13.2. The Labute approximate surface area is 117 Å². The lowest BCUT2D eigenvalue weighted by atomic mass is 9.72. The van der Waals surface area contributed by atoms with Crippen LogP contribution in [0.15, 0.2) is 24.3 Å². The van der Waals surface area contributed by atoms with Crippen LogP contribution in [0.4, 0.5) is 0 Å². The first-order valence-electron chi connectivity index (χ1n) is 7.02. The Morgan fingerprint density at radius 3 is 2.00 bits per heavy atom. The van der Waals surface area contributed by atoms with Gasteiger partial charge in [0.15, 0.2) is 0 Å². The van der Waals surface area contributed by atoms with Crippen molar-refractivity contribution in [1.82, 2.24) is 0 Å². The summed E-state index contributed by atoms with van der Waals surface area (Å²) >= 11 is 0. The van der Waals surface area contributed by atoms with Crippen molar-refractivity contribution in [3.63, 3.8) is 0 Å². The molecule has 0 spiro atoms. The van der Waals surface area contributed by atoms with Crippen LogP contribution >= 0.6 is 0 Å². The molecule has 0 heterocycles. The van der Waals surface area contributed by atoms with Gasteiger partial charge in [0.05, 0.1) is 6.10 Å². The zero-order valence-corrected chi connectivity index (χ0v) is 13.2. The molecular weight excluding hydrogens is 236 g/mol. The van der Waals surface area contributed by atoms with Gasteiger partial charge < -0.3 is 9.84 Å². The maximum atomic E-state index is 9.20. The molecule has 2 heteroatoms. The van der Waals surface area contributed by atoms with Crippen LogP contribution in [0.1, 0.15) is 53.5 Å². The quantitative estimate of drug-likeness (QED) is 0.865. The molecule has 1 N–H and O–H groups in total. The Morgan fingerprint density at radius 2 is 1.58 bits per heavy atom. The number of benzene rings is 1. The van der Waals surface area contributed by atoms with Crippen molar-refractivity contribution in [2.45, 2.75) is 59.5 Å². The average Bonchev–Trinajstić information content (AvgIpc) is 2.23. The van der Waals surface area contributed by atoms with Gasteiger partial charge in [-0.15, -0.1) is 0 Å². The highest BCUT2D eigenvalue weighted by Crippen LogP contribution is 2.36. The second-order valence-electron chi connectivity index (χ2n) is 7.31. The van der Waals surface area contributed by atoms with Gasteiger partial charge in [-0.2, -0.15) is 0 Å². The van der Waals surface area contributed by atoms with Crippen LogP contribution in [0.3, 0.4) is 0 Å². The molecule has 1 rings (SSSR count). The molecular formula is C17H28O2. The predicted molar refractivity (Wildman–Crippen MR) is 80.7 cm³/mol. The van der Waals surface area contributed by atoms with E-state index in [1.807, 2.05) is 12.1 Å². The number of hydrogen-bond donors (Lipinski definition) is 1. The molecule has 0 fully saturated rings. The van der Waals surface area contributed by atoms with E-state index >= 15 is 0 Å². The van der Waals surface area contributed by atoms with Crippen LogP contribution < -0.4 is 4.74 Å². The Bertz CT molecular complexity index is 383. The average molecular weight is 264 g/mol. The minimum Gasteiger partial charge on any atom is -0.491 e. The number of aliphatic hydroxyl groups is 1. The second-order valence-corrected chi connectivity index (χ2v) is 7.31. The summed E-state index contributed by atoms with van der Waals surface area (Å²) in [7, 11) is 0. The van der Waals surface area contributed by atoms with Gasteiger partial charge in [-0.05, 0) is 41.9 Å². The van der Waals surface area contributed by atoms with Crippen molar-refractivity contribution in [2.75, 3.05) is 6.61 Å². The van der Waals surface area contributed by atoms with Crippen molar-refractivity contribution < 1.29 is 9.84 Å². The maximum absolute atomic E-state index is 9.20. The molecule has 1 atom stereocenters. The minimum absolute atomic E-state index is 0.154. The van der Waals surface area contributed by atoms with E-state index in [0.717, 1.165) is 12.2 Å². The Morgan fingerprint density at radius 1 is 1.05 bits per heavy atom. The third-order valence-corrected chi connectivity index (χ3v) is 3.10. The van der Waals surface area contributed by atoms with E-state index in [4.69, 9.17) is 4.74 Å². The standard InChI is InChI=1S/C17H28O2/c1-13(18)11-19-15-9-7-14(8-10-15)17(5,6)12-16(2,3)4/h7-10,13,18H,11-12H2,1-6H3/t13-/m1/s1. The van der Waals surface area contributed by atoms with Crippen molar-refractivity contribution in [3.8, 4) is 5.75 Å². The summed E-state index contributed by atoms with van der Waals surface area (Å²) in [5.74, 6) is 0.816. The molecule has 0 aliphatic rings. The van der Waals surface area contributed by atoms with Crippen molar-refractivity contribution >= 4 is 0 Å². The number of ether oxygens (including phenoxy) is 1. The first-order valence-corrected chi connectivity index (χ1v) is 7.02. The van der Waals surface area contributed by atoms with E-state index in [9.17, 15) is 5.11 Å². The SMILES string of the molecule is C[C@@H](O)COc1ccc(C(C)(C)CC(C)(C)C)cc1. The predicted octanol–water partition coefficient (Wildman–Crippen LogP) is 4.16. The lowest BCUT2D eigenvalue weighted by molar-refractivity contribution is 0.122. The van der Waals surface area contributed by atoms with Gasteiger partial charge in [-0.25, -0.2) is 0 Å². The molecule has 0 unspecified atom stereocenters. The van der Waals surface area contributed by atoms with E-state index < -0.39 is 6.10 Å². The summed E-state index contributed by atoms with van der Waals surface area (Å²) in [6.07, 6.45) is 0.699. The van der Waals surface area contributed by atoms with Crippen LogP contribution in [0.5, 0.6) is 5.75 Å². The molecule has 0 aliphatic heterocycles. The van der Waals surface area contributed by atoms with Crippen molar-refractivity contribution in [2.24, 2.45) is 5.41 Å². The summed E-state index contributed by atoms with van der Waals surface area (Å²) in [4.78, 5) is 0. The fourth-order valence-electron chi connectivity index (χ4n) is 2.65. The zero-order chi connectivity index (χ0) is 14.7. The van der Waals surface area contributed by atoms with Gasteiger partial charge >= 0.3 is 0 Å². The van der Waals surface area contributed by atoms with E-state index in [0.29, 0.717) is 12.0 Å². The second kappa shape index (κ2) is 5.96. The summed E-state index contributed by atoms with van der Waals surface area (Å²) in [6, 6.07) is 8.23. The van der Waals surface area contributed by atoms with Crippen LogP contribution in [0.25, 0.3) is 0 Å². The first kappa shape index (κ1) is 16.0. The third-order valence-electron chi connectivity index (χ3n) is 3.10. The van der Waals surface area contributed by atoms with Crippen LogP contribution in [0, 0.1) is 5.41 Å². The number of aliphatic hydroxyl groups excluding tert-OH is 1. The Kier molecular flexibility index (Phi) is 5.03. The lowest BCUT2D eigenvalue weighted by Gasteiger charge is -2.33. The van der Waals surface area contributed by atoms with Gasteiger partial charge in [0.1, 0.15) is 12.4 Å². The maximum Gasteiger partial charge on any atom is 0.119 e. The molecule has 0 saturated heterocycles. The largest absolute Gasteiger partial charge is 0.491 e. The third kappa shape index (κ3) is 5.65. The fourth-order valence-corrected chi connectivity index (χ4v) is 2.65. The van der Waals surface area contributed by atoms with Crippen molar-refractivity contribution in [1.29, 1.82) is 0 Å². The fraction of sp³-hybridized carbons (Fsp3) is 0.647. The smallest absolute Gasteiger partial charge is 0.119 e. The summed E-state index contributed by atoms with van der Waals surface area (Å²) in [6.45, 7) is 13.4. The monoisotopic (exact) mass is 264 g/mol. The summed E-state index contributed by atoms with van der Waals surface area (Å²) in [5, 5.41) is 9.20. The molecule has 0 saturated carbocycles. The van der Waals surface area contributed by atoms with Gasteiger partial charge in [0, 0.05) is 0 Å². The van der Waals surface area contributed by atoms with Crippen LogP contribution in [-0.4, -0.2) is 17.8 Å². The van der Waals surface area contributed by atoms with E-state index in [1.54, 1.807) is 6.92 Å². The molecule has 108 valence electrons. The Hall–Kier alpha value is -1.02. The summed E-state index contributed by atoms with van der Waals surface area (Å²) < 4.78 is 5.49. The molecule has 19 heavy (non-hydrogen) atoms. The molecule has 0 radical (unpaired) electrons. The highest BCUT2D eigenvalue weighted by molar-refractivity contribution is 5.31. The molecule has 0 amide bonds. The van der Waals surface area contributed by atoms with E-state index in [2.05, 4.69) is 46.8 Å². The highest BCUT2D eigenvalue weighted by Gasteiger charge is 2.27. The Balaban J connectivity index is 2.75. The molecule has 1 aromatic rings.